The van der Waals surface area contributed by atoms with Crippen LogP contribution in [0.25, 0.3) is 0 Å². The Morgan fingerprint density at radius 1 is 1.11 bits per heavy atom. The van der Waals surface area contributed by atoms with Gasteiger partial charge in [-0.1, -0.05) is 6.07 Å². The van der Waals surface area contributed by atoms with Crippen molar-refractivity contribution in [1.29, 1.82) is 0 Å². The highest BCUT2D eigenvalue weighted by atomic mass is 16.6. The van der Waals surface area contributed by atoms with Gasteiger partial charge >= 0.3 is 11.9 Å². The lowest BCUT2D eigenvalue weighted by molar-refractivity contribution is -0.156. The monoisotopic (exact) mass is 391 g/mol. The first-order valence-electron chi connectivity index (χ1n) is 9.41. The van der Waals surface area contributed by atoms with E-state index in [0.717, 1.165) is 24.2 Å². The molecule has 1 aromatic carbocycles. The molecular weight excluding hydrogens is 362 g/mol. The number of Topliss-reactive ketones (excluding diaryl/α,β-unsaturated/α-hetero) is 1. The third-order valence-corrected chi connectivity index (χ3v) is 4.27. The molecule has 0 aliphatic carbocycles. The zero-order valence-corrected chi connectivity index (χ0v) is 17.1. The number of hydrogen-bond acceptors (Lipinski definition) is 7. The van der Waals surface area contributed by atoms with Crippen LogP contribution in [-0.4, -0.2) is 61.6 Å². The van der Waals surface area contributed by atoms with E-state index >= 15 is 0 Å². The number of carbonyl (C=O) groups excluding carboxylic acids is 3. The molecule has 1 heterocycles. The molecule has 154 valence electrons. The van der Waals surface area contributed by atoms with Crippen molar-refractivity contribution in [2.75, 3.05) is 33.4 Å². The topological polar surface area (TPSA) is 82.1 Å². The third-order valence-electron chi connectivity index (χ3n) is 4.27. The molecule has 28 heavy (non-hydrogen) atoms. The predicted octanol–water partition coefficient (Wildman–Crippen LogP) is 2.15. The van der Waals surface area contributed by atoms with Gasteiger partial charge in [0.1, 0.15) is 17.8 Å². The lowest BCUT2D eigenvalue weighted by atomic mass is 9.98. The molecule has 0 unspecified atom stereocenters. The first-order chi connectivity index (χ1) is 13.2. The molecule has 1 aliphatic heterocycles. The number of rotatable bonds is 7. The average molecular weight is 391 g/mol. The minimum atomic E-state index is -0.624. The first-order valence-corrected chi connectivity index (χ1v) is 9.41. The number of esters is 2. The van der Waals surface area contributed by atoms with Crippen molar-refractivity contribution in [2.45, 2.75) is 45.8 Å². The number of methoxy groups -OCH3 is 1. The van der Waals surface area contributed by atoms with E-state index in [2.05, 4.69) is 4.90 Å². The van der Waals surface area contributed by atoms with Crippen molar-refractivity contribution in [3.8, 4) is 0 Å². The minimum absolute atomic E-state index is 0.111. The summed E-state index contributed by atoms with van der Waals surface area (Å²) in [5.41, 5.74) is 1.49. The molecular formula is C21H29NO6. The molecule has 0 saturated carbocycles. The summed E-state index contributed by atoms with van der Waals surface area (Å²) in [6.45, 7) is 8.78. The number of ketones is 1. The van der Waals surface area contributed by atoms with Crippen molar-refractivity contribution in [3.05, 3.63) is 34.9 Å². The molecule has 1 aromatic rings. The summed E-state index contributed by atoms with van der Waals surface area (Å²) in [5, 5.41) is 0. The van der Waals surface area contributed by atoms with Crippen LogP contribution in [0.15, 0.2) is 18.2 Å². The zero-order valence-electron chi connectivity index (χ0n) is 17.1. The molecule has 0 spiro atoms. The summed E-state index contributed by atoms with van der Waals surface area (Å²) in [6.07, 6.45) is -0.159. The quantitative estimate of drug-likeness (QED) is 0.520. The van der Waals surface area contributed by atoms with Crippen molar-refractivity contribution in [2.24, 2.45) is 0 Å². The molecule has 2 rings (SSSR count). The number of morpholine rings is 1. The number of carbonyl (C=O) groups is 3. The van der Waals surface area contributed by atoms with Crippen LogP contribution in [0.3, 0.4) is 0 Å². The Morgan fingerprint density at radius 3 is 2.39 bits per heavy atom. The third kappa shape index (κ3) is 7.05. The number of ether oxygens (including phenoxy) is 3. The summed E-state index contributed by atoms with van der Waals surface area (Å²) in [4.78, 5) is 38.4. The molecule has 1 saturated heterocycles. The van der Waals surface area contributed by atoms with Gasteiger partial charge in [0.05, 0.1) is 25.9 Å². The van der Waals surface area contributed by atoms with Gasteiger partial charge < -0.3 is 14.2 Å². The van der Waals surface area contributed by atoms with Crippen molar-refractivity contribution < 1.29 is 28.6 Å². The van der Waals surface area contributed by atoms with E-state index in [1.807, 2.05) is 0 Å². The zero-order chi connectivity index (χ0) is 20.7. The fourth-order valence-corrected chi connectivity index (χ4v) is 3.00. The van der Waals surface area contributed by atoms with Gasteiger partial charge in [-0.05, 0) is 44.0 Å². The molecule has 7 heteroatoms. The minimum Gasteiger partial charge on any atom is -0.465 e. The summed E-state index contributed by atoms with van der Waals surface area (Å²) >= 11 is 0. The van der Waals surface area contributed by atoms with Gasteiger partial charge in [-0.25, -0.2) is 4.79 Å². The number of nitrogens with zero attached hydrogens (tertiary/aromatic N) is 1. The number of benzene rings is 1. The highest BCUT2D eigenvalue weighted by molar-refractivity contribution is 5.97. The van der Waals surface area contributed by atoms with Crippen LogP contribution in [0.1, 0.15) is 48.7 Å². The Labute approximate surface area is 165 Å². The highest BCUT2D eigenvalue weighted by Crippen LogP contribution is 2.18. The molecule has 0 radical (unpaired) electrons. The van der Waals surface area contributed by atoms with E-state index in [1.54, 1.807) is 39.0 Å². The van der Waals surface area contributed by atoms with E-state index in [0.29, 0.717) is 25.3 Å². The van der Waals surface area contributed by atoms with Gasteiger partial charge in [0.25, 0.3) is 0 Å². The summed E-state index contributed by atoms with van der Waals surface area (Å²) in [5.74, 6) is -1.17. The number of hydrogen-bond donors (Lipinski definition) is 0. The fraction of sp³-hybridized carbons (Fsp3) is 0.571. The van der Waals surface area contributed by atoms with Crippen LogP contribution in [-0.2, 0) is 36.8 Å². The van der Waals surface area contributed by atoms with Crippen LogP contribution in [0, 0.1) is 0 Å². The molecule has 0 aromatic heterocycles. The van der Waals surface area contributed by atoms with Gasteiger partial charge in [-0.3, -0.25) is 14.5 Å². The maximum atomic E-state index is 12.4. The molecule has 0 bridgehead atoms. The van der Waals surface area contributed by atoms with Gasteiger partial charge in [0, 0.05) is 26.1 Å². The SMILES string of the molecule is COC(=O)c1ccc(CC(=O)CC(=O)OC(C)(C)C)c(CN2CCOCC2)c1. The second-order valence-electron chi connectivity index (χ2n) is 7.84. The molecule has 1 aliphatic rings. The maximum Gasteiger partial charge on any atom is 0.337 e. The van der Waals surface area contributed by atoms with Crippen LogP contribution in [0.5, 0.6) is 0 Å². The Balaban J connectivity index is 2.13. The van der Waals surface area contributed by atoms with Crippen LogP contribution >= 0.6 is 0 Å². The summed E-state index contributed by atoms with van der Waals surface area (Å²) < 4.78 is 15.4. The predicted molar refractivity (Wildman–Crippen MR) is 103 cm³/mol. The van der Waals surface area contributed by atoms with Crippen LogP contribution in [0.4, 0.5) is 0 Å². The standard InChI is InChI=1S/C21H29NO6/c1-21(2,3)28-19(24)13-18(23)12-15-5-6-16(20(25)26-4)11-17(15)14-22-7-9-27-10-8-22/h5-6,11H,7-10,12-14H2,1-4H3. The normalized spacial score (nSPS) is 15.1. The first kappa shape index (κ1) is 22.0. The van der Waals surface area contributed by atoms with E-state index in [4.69, 9.17) is 14.2 Å². The molecule has 0 amide bonds. The van der Waals surface area contributed by atoms with Gasteiger partial charge in [-0.15, -0.1) is 0 Å². The van der Waals surface area contributed by atoms with Gasteiger partial charge in [0.15, 0.2) is 0 Å². The summed E-state index contributed by atoms with van der Waals surface area (Å²) in [7, 11) is 1.34. The lowest BCUT2D eigenvalue weighted by Crippen LogP contribution is -2.36. The molecule has 7 nitrogen and oxygen atoms in total. The van der Waals surface area contributed by atoms with Gasteiger partial charge in [0.2, 0.25) is 0 Å². The van der Waals surface area contributed by atoms with Gasteiger partial charge in [-0.2, -0.15) is 0 Å². The highest BCUT2D eigenvalue weighted by Gasteiger charge is 2.21. The summed E-state index contributed by atoms with van der Waals surface area (Å²) in [6, 6.07) is 5.16. The Morgan fingerprint density at radius 2 is 1.79 bits per heavy atom. The van der Waals surface area contributed by atoms with Crippen LogP contribution < -0.4 is 0 Å². The molecule has 0 atom stereocenters. The second kappa shape index (κ2) is 9.80. The van der Waals surface area contributed by atoms with Crippen molar-refractivity contribution in [3.63, 3.8) is 0 Å². The van der Waals surface area contributed by atoms with E-state index in [-0.39, 0.29) is 18.6 Å². The van der Waals surface area contributed by atoms with E-state index in [9.17, 15) is 14.4 Å². The Hall–Kier alpha value is -2.25. The van der Waals surface area contributed by atoms with E-state index < -0.39 is 17.5 Å². The van der Waals surface area contributed by atoms with E-state index in [1.165, 1.54) is 7.11 Å². The molecule has 1 fully saturated rings. The molecule has 0 N–H and O–H groups in total. The largest absolute Gasteiger partial charge is 0.465 e. The smallest absolute Gasteiger partial charge is 0.337 e. The van der Waals surface area contributed by atoms with Crippen molar-refractivity contribution >= 4 is 17.7 Å². The maximum absolute atomic E-state index is 12.4. The Kier molecular flexibility index (Phi) is 7.71. The second-order valence-corrected chi connectivity index (χ2v) is 7.84. The average Bonchev–Trinajstić information content (AvgIpc) is 2.61. The Bertz CT molecular complexity index is 716. The fourth-order valence-electron chi connectivity index (χ4n) is 3.00. The van der Waals surface area contributed by atoms with Crippen LogP contribution in [0.2, 0.25) is 0 Å². The lowest BCUT2D eigenvalue weighted by Gasteiger charge is -2.27. The van der Waals surface area contributed by atoms with Crippen molar-refractivity contribution in [1.82, 2.24) is 4.90 Å².